The molecule has 172 valence electrons. The van der Waals surface area contributed by atoms with Gasteiger partial charge in [0.15, 0.2) is 0 Å². The zero-order valence-corrected chi connectivity index (χ0v) is 21.4. The summed E-state index contributed by atoms with van der Waals surface area (Å²) < 4.78 is 1.92. The smallest absolute Gasteiger partial charge is 0.270 e. The minimum atomic E-state index is -0.350. The molecule has 1 amide bonds. The molecule has 1 aromatic carbocycles. The summed E-state index contributed by atoms with van der Waals surface area (Å²) in [5.74, 6) is 0.445. The monoisotopic (exact) mass is 500 g/mol. The molecule has 1 saturated heterocycles. The van der Waals surface area contributed by atoms with E-state index < -0.39 is 0 Å². The fourth-order valence-electron chi connectivity index (χ4n) is 3.74. The van der Waals surface area contributed by atoms with Crippen molar-refractivity contribution in [3.8, 4) is 6.07 Å². The van der Waals surface area contributed by atoms with Gasteiger partial charge in [0.25, 0.3) is 11.5 Å². The van der Waals surface area contributed by atoms with Gasteiger partial charge >= 0.3 is 0 Å². The van der Waals surface area contributed by atoms with E-state index in [4.69, 9.17) is 23.8 Å². The van der Waals surface area contributed by atoms with Gasteiger partial charge in [0.05, 0.1) is 11.4 Å². The first-order chi connectivity index (χ1) is 15.7. The molecule has 0 aliphatic carbocycles. The molecule has 0 bridgehead atoms. The number of aromatic nitrogens is 1. The standard InChI is InChI=1S/C24H25ClN4O2S2/c1-5-6-11-27(3)21-17(15(2)18(13-26)22(30)28(21)4)12-20-23(31)29(24(32)33-20)14-16-9-7-8-10-19(16)25/h7-10,12H,5-6,11,14H2,1-4H3/b20-12-. The van der Waals surface area contributed by atoms with Crippen molar-refractivity contribution in [1.82, 2.24) is 9.47 Å². The molecule has 0 unspecified atom stereocenters. The number of benzene rings is 1. The summed E-state index contributed by atoms with van der Waals surface area (Å²) in [6, 6.07) is 9.36. The van der Waals surface area contributed by atoms with E-state index >= 15 is 0 Å². The fourth-order valence-corrected chi connectivity index (χ4v) is 5.17. The Morgan fingerprint density at radius 3 is 2.64 bits per heavy atom. The molecule has 0 atom stereocenters. The zero-order valence-electron chi connectivity index (χ0n) is 19.0. The molecule has 2 aromatic rings. The molecule has 9 heteroatoms. The van der Waals surface area contributed by atoms with Crippen molar-refractivity contribution in [2.24, 2.45) is 7.05 Å². The average molecular weight is 501 g/mol. The summed E-state index contributed by atoms with van der Waals surface area (Å²) in [5, 5.41) is 10.2. The van der Waals surface area contributed by atoms with Gasteiger partial charge in [-0.25, -0.2) is 0 Å². The Balaban J connectivity index is 2.08. The van der Waals surface area contributed by atoms with Crippen LogP contribution in [0.25, 0.3) is 6.08 Å². The molecule has 1 aliphatic heterocycles. The number of nitrogens with zero attached hydrogens (tertiary/aromatic N) is 4. The molecule has 1 fully saturated rings. The number of rotatable bonds is 7. The van der Waals surface area contributed by atoms with Crippen molar-refractivity contribution in [3.05, 3.63) is 66.8 Å². The van der Waals surface area contributed by atoms with Crippen LogP contribution in [0.5, 0.6) is 0 Å². The predicted octanol–water partition coefficient (Wildman–Crippen LogP) is 4.86. The summed E-state index contributed by atoms with van der Waals surface area (Å²) in [6.07, 6.45) is 3.70. The van der Waals surface area contributed by atoms with Gasteiger partial charge in [0.2, 0.25) is 0 Å². The normalized spacial score (nSPS) is 14.8. The zero-order chi connectivity index (χ0) is 24.3. The van der Waals surface area contributed by atoms with Crippen LogP contribution >= 0.6 is 35.6 Å². The third kappa shape index (κ3) is 5.01. The predicted molar refractivity (Wildman–Crippen MR) is 139 cm³/mol. The average Bonchev–Trinajstić information content (AvgIpc) is 3.05. The van der Waals surface area contributed by atoms with E-state index in [1.807, 2.05) is 36.2 Å². The Bertz CT molecular complexity index is 1250. The lowest BCUT2D eigenvalue weighted by atomic mass is 10.0. The highest BCUT2D eigenvalue weighted by Gasteiger charge is 2.33. The lowest BCUT2D eigenvalue weighted by Gasteiger charge is -2.25. The van der Waals surface area contributed by atoms with Gasteiger partial charge in [-0.1, -0.05) is 67.1 Å². The van der Waals surface area contributed by atoms with Gasteiger partial charge in [-0.2, -0.15) is 5.26 Å². The summed E-state index contributed by atoms with van der Waals surface area (Å²) in [4.78, 5) is 30.0. The molecule has 0 radical (unpaired) electrons. The van der Waals surface area contributed by atoms with Crippen molar-refractivity contribution in [3.63, 3.8) is 0 Å². The minimum Gasteiger partial charge on any atom is -0.360 e. The van der Waals surface area contributed by atoms with Crippen LogP contribution in [-0.4, -0.2) is 33.3 Å². The second kappa shape index (κ2) is 10.6. The number of thioether (sulfide) groups is 1. The topological polar surface area (TPSA) is 69.3 Å². The van der Waals surface area contributed by atoms with Crippen LogP contribution in [0.15, 0.2) is 34.0 Å². The number of hydrogen-bond acceptors (Lipinski definition) is 6. The second-order valence-electron chi connectivity index (χ2n) is 7.85. The maximum absolute atomic E-state index is 13.3. The van der Waals surface area contributed by atoms with Crippen LogP contribution in [0.1, 0.15) is 42.0 Å². The number of halogens is 1. The maximum atomic E-state index is 13.3. The van der Waals surface area contributed by atoms with Crippen LogP contribution in [0.2, 0.25) is 5.02 Å². The third-order valence-corrected chi connectivity index (χ3v) is 7.36. The number of unbranched alkanes of at least 4 members (excludes halogenated alkanes) is 1. The Kier molecular flexibility index (Phi) is 8.01. The summed E-state index contributed by atoms with van der Waals surface area (Å²) >= 11 is 13.0. The molecule has 3 rings (SSSR count). The molecule has 1 aromatic heterocycles. The Hall–Kier alpha value is -2.60. The second-order valence-corrected chi connectivity index (χ2v) is 9.93. The highest BCUT2D eigenvalue weighted by Crippen LogP contribution is 2.36. The van der Waals surface area contributed by atoms with Gasteiger partial charge in [0.1, 0.15) is 21.8 Å². The lowest BCUT2D eigenvalue weighted by molar-refractivity contribution is -0.122. The van der Waals surface area contributed by atoms with Crippen LogP contribution < -0.4 is 10.5 Å². The van der Waals surface area contributed by atoms with Crippen LogP contribution in [0.4, 0.5) is 5.82 Å². The molecule has 1 aliphatic rings. The Morgan fingerprint density at radius 1 is 1.30 bits per heavy atom. The quantitative estimate of drug-likeness (QED) is 0.399. The number of hydrogen-bond donors (Lipinski definition) is 0. The van der Waals surface area contributed by atoms with Crippen LogP contribution in [0, 0.1) is 18.3 Å². The van der Waals surface area contributed by atoms with Gasteiger partial charge < -0.3 is 4.90 Å². The van der Waals surface area contributed by atoms with Crippen molar-refractivity contribution < 1.29 is 4.79 Å². The molecular weight excluding hydrogens is 476 g/mol. The van der Waals surface area contributed by atoms with E-state index in [0.29, 0.717) is 31.2 Å². The van der Waals surface area contributed by atoms with E-state index in [-0.39, 0.29) is 23.6 Å². The lowest BCUT2D eigenvalue weighted by Crippen LogP contribution is -2.31. The molecule has 2 heterocycles. The number of thiocarbonyl (C=S) groups is 1. The van der Waals surface area contributed by atoms with Crippen molar-refractivity contribution in [2.45, 2.75) is 33.2 Å². The largest absolute Gasteiger partial charge is 0.360 e. The number of carbonyl (C=O) groups excluding carboxylic acids is 1. The van der Waals surface area contributed by atoms with Gasteiger partial charge in [-0.15, -0.1) is 0 Å². The van der Waals surface area contributed by atoms with Crippen molar-refractivity contribution in [1.29, 1.82) is 5.26 Å². The Labute approximate surface area is 208 Å². The van der Waals surface area contributed by atoms with Crippen molar-refractivity contribution in [2.75, 3.05) is 18.5 Å². The maximum Gasteiger partial charge on any atom is 0.270 e. The van der Waals surface area contributed by atoms with Crippen LogP contribution in [-0.2, 0) is 18.4 Å². The molecule has 33 heavy (non-hydrogen) atoms. The first-order valence-electron chi connectivity index (χ1n) is 10.5. The van der Waals surface area contributed by atoms with Gasteiger partial charge in [0, 0.05) is 31.2 Å². The minimum absolute atomic E-state index is 0.0722. The SMILES string of the molecule is CCCCN(C)c1c(/C=C2\SC(=S)N(Cc3ccccc3Cl)C2=O)c(C)c(C#N)c(=O)n1C. The van der Waals surface area contributed by atoms with Gasteiger partial charge in [-0.3, -0.25) is 19.1 Å². The van der Waals surface area contributed by atoms with Crippen molar-refractivity contribution >= 4 is 57.7 Å². The number of amides is 1. The fraction of sp³-hybridized carbons (Fsp3) is 0.333. The highest BCUT2D eigenvalue weighted by atomic mass is 35.5. The number of pyridine rings is 1. The third-order valence-electron chi connectivity index (χ3n) is 5.61. The summed E-state index contributed by atoms with van der Waals surface area (Å²) in [5.41, 5.74) is 1.75. The summed E-state index contributed by atoms with van der Waals surface area (Å²) in [6.45, 7) is 4.86. The number of nitriles is 1. The first kappa shape index (κ1) is 25.0. The van der Waals surface area contributed by atoms with E-state index in [0.717, 1.165) is 24.9 Å². The molecular formula is C24H25ClN4O2S2. The van der Waals surface area contributed by atoms with E-state index in [1.54, 1.807) is 26.1 Å². The highest BCUT2D eigenvalue weighted by molar-refractivity contribution is 8.26. The van der Waals surface area contributed by atoms with Crippen LogP contribution in [0.3, 0.4) is 0 Å². The van der Waals surface area contributed by atoms with Gasteiger partial charge in [-0.05, 0) is 36.6 Å². The van der Waals surface area contributed by atoms with E-state index in [1.165, 1.54) is 21.2 Å². The van der Waals surface area contributed by atoms with E-state index in [2.05, 4.69) is 6.92 Å². The van der Waals surface area contributed by atoms with E-state index in [9.17, 15) is 14.9 Å². The Morgan fingerprint density at radius 2 is 2.00 bits per heavy atom. The molecule has 6 nitrogen and oxygen atoms in total. The molecule has 0 saturated carbocycles. The molecule has 0 N–H and O–H groups in total. The summed E-state index contributed by atoms with van der Waals surface area (Å²) in [7, 11) is 3.57. The first-order valence-corrected chi connectivity index (χ1v) is 12.1. The molecule has 0 spiro atoms. The number of carbonyl (C=O) groups is 1. The number of anilines is 1.